The van der Waals surface area contributed by atoms with E-state index < -0.39 is 10.0 Å². The summed E-state index contributed by atoms with van der Waals surface area (Å²) >= 11 is 0. The van der Waals surface area contributed by atoms with Gasteiger partial charge in [-0.1, -0.05) is 0 Å². The molecule has 0 aliphatic carbocycles. The van der Waals surface area contributed by atoms with Gasteiger partial charge in [0.2, 0.25) is 15.9 Å². The second-order valence-electron chi connectivity index (χ2n) is 4.38. The average molecular weight is 272 g/mol. The molecule has 1 aliphatic rings. The fraction of sp³-hybridized carbons (Fsp3) is 0.364. The van der Waals surface area contributed by atoms with Gasteiger partial charge in [-0.05, 0) is 24.3 Å². The Morgan fingerprint density at radius 3 is 2.50 bits per heavy atom. The molecule has 1 atom stereocenters. The van der Waals surface area contributed by atoms with Crippen molar-refractivity contribution in [2.75, 3.05) is 17.2 Å². The number of benzene rings is 1. The predicted octanol–water partition coefficient (Wildman–Crippen LogP) is 0.467. The van der Waals surface area contributed by atoms with Gasteiger partial charge in [0.05, 0.1) is 5.75 Å². The van der Waals surface area contributed by atoms with Crippen molar-refractivity contribution in [1.29, 1.82) is 0 Å². The molecule has 1 aliphatic heterocycles. The Kier molecular flexibility index (Phi) is 3.36. The van der Waals surface area contributed by atoms with E-state index in [4.69, 9.17) is 5.14 Å². The zero-order valence-corrected chi connectivity index (χ0v) is 10.4. The number of amides is 1. The molecule has 1 fully saturated rings. The molecule has 0 bridgehead atoms. The van der Waals surface area contributed by atoms with Crippen LogP contribution in [-0.4, -0.2) is 26.6 Å². The van der Waals surface area contributed by atoms with E-state index in [2.05, 4.69) is 0 Å². The molecule has 5 nitrogen and oxygen atoms in total. The van der Waals surface area contributed by atoms with Gasteiger partial charge in [0.15, 0.2) is 0 Å². The molecule has 0 spiro atoms. The van der Waals surface area contributed by atoms with Crippen LogP contribution in [0.25, 0.3) is 0 Å². The number of carbonyl (C=O) groups excluding carboxylic acids is 1. The number of primary sulfonamides is 1. The van der Waals surface area contributed by atoms with E-state index in [1.54, 1.807) is 0 Å². The fourth-order valence-corrected chi connectivity index (χ4v) is 2.97. The minimum absolute atomic E-state index is 0.147. The van der Waals surface area contributed by atoms with Crippen LogP contribution in [0, 0.1) is 11.7 Å². The molecule has 2 rings (SSSR count). The first-order valence-electron chi connectivity index (χ1n) is 5.41. The molecular formula is C11H13FN2O3S. The van der Waals surface area contributed by atoms with Gasteiger partial charge in [0.25, 0.3) is 0 Å². The van der Waals surface area contributed by atoms with Crippen molar-refractivity contribution in [3.63, 3.8) is 0 Å². The topological polar surface area (TPSA) is 80.5 Å². The Morgan fingerprint density at radius 2 is 1.94 bits per heavy atom. The summed E-state index contributed by atoms with van der Waals surface area (Å²) < 4.78 is 34.7. The van der Waals surface area contributed by atoms with Gasteiger partial charge in [-0.2, -0.15) is 0 Å². The van der Waals surface area contributed by atoms with E-state index in [1.165, 1.54) is 29.2 Å². The lowest BCUT2D eigenvalue weighted by Crippen LogP contribution is -2.27. The summed E-state index contributed by atoms with van der Waals surface area (Å²) in [6.45, 7) is 0.293. The van der Waals surface area contributed by atoms with Crippen molar-refractivity contribution in [1.82, 2.24) is 0 Å². The molecule has 1 unspecified atom stereocenters. The zero-order chi connectivity index (χ0) is 13.3. The van der Waals surface area contributed by atoms with E-state index in [9.17, 15) is 17.6 Å². The minimum atomic E-state index is -3.58. The summed E-state index contributed by atoms with van der Waals surface area (Å²) in [5.41, 5.74) is 0.568. The molecule has 2 N–H and O–H groups in total. The van der Waals surface area contributed by atoms with Gasteiger partial charge < -0.3 is 4.90 Å². The minimum Gasteiger partial charge on any atom is -0.312 e. The van der Waals surface area contributed by atoms with Crippen LogP contribution in [0.1, 0.15) is 6.42 Å². The van der Waals surface area contributed by atoms with Crippen LogP contribution >= 0.6 is 0 Å². The summed E-state index contributed by atoms with van der Waals surface area (Å²) in [6, 6.07) is 5.50. The Labute approximate surface area is 104 Å². The largest absolute Gasteiger partial charge is 0.312 e. The highest BCUT2D eigenvalue weighted by Gasteiger charge is 2.32. The maximum absolute atomic E-state index is 12.8. The second kappa shape index (κ2) is 4.66. The molecule has 98 valence electrons. The third kappa shape index (κ3) is 3.05. The lowest BCUT2D eigenvalue weighted by Gasteiger charge is -2.16. The fourth-order valence-electron chi connectivity index (χ4n) is 2.09. The van der Waals surface area contributed by atoms with Gasteiger partial charge in [0, 0.05) is 24.6 Å². The van der Waals surface area contributed by atoms with Crippen molar-refractivity contribution in [3.05, 3.63) is 30.1 Å². The van der Waals surface area contributed by atoms with Crippen molar-refractivity contribution < 1.29 is 17.6 Å². The molecule has 1 aromatic carbocycles. The SMILES string of the molecule is NS(=O)(=O)CC1CC(=O)N(c2ccc(F)cc2)C1. The second-order valence-corrected chi connectivity index (χ2v) is 6.04. The standard InChI is InChI=1S/C11H13FN2O3S/c12-9-1-3-10(4-2-9)14-6-8(5-11(14)15)7-18(13,16)17/h1-4,8H,5-7H2,(H2,13,16,17). The van der Waals surface area contributed by atoms with Gasteiger partial charge in [-0.25, -0.2) is 17.9 Å². The van der Waals surface area contributed by atoms with Crippen molar-refractivity contribution >= 4 is 21.6 Å². The average Bonchev–Trinajstić information content (AvgIpc) is 2.58. The van der Waals surface area contributed by atoms with E-state index in [0.29, 0.717) is 12.2 Å². The first kappa shape index (κ1) is 13.0. The molecule has 0 aromatic heterocycles. The third-order valence-corrected chi connectivity index (χ3v) is 3.75. The van der Waals surface area contributed by atoms with Crippen LogP contribution in [0.3, 0.4) is 0 Å². The highest BCUT2D eigenvalue weighted by Crippen LogP contribution is 2.25. The van der Waals surface area contributed by atoms with Gasteiger partial charge in [-0.3, -0.25) is 4.79 Å². The van der Waals surface area contributed by atoms with Gasteiger partial charge >= 0.3 is 0 Å². The third-order valence-electron chi connectivity index (χ3n) is 2.81. The van der Waals surface area contributed by atoms with Crippen molar-refractivity contribution in [2.24, 2.45) is 11.1 Å². The lowest BCUT2D eigenvalue weighted by molar-refractivity contribution is -0.117. The van der Waals surface area contributed by atoms with Crippen LogP contribution in [-0.2, 0) is 14.8 Å². The van der Waals surface area contributed by atoms with E-state index in [-0.39, 0.29) is 29.8 Å². The first-order chi connectivity index (χ1) is 8.35. The highest BCUT2D eigenvalue weighted by atomic mass is 32.2. The molecule has 1 amide bonds. The summed E-state index contributed by atoms with van der Waals surface area (Å²) in [5.74, 6) is -1.07. The Balaban J connectivity index is 2.12. The number of anilines is 1. The van der Waals surface area contributed by atoms with Crippen molar-refractivity contribution in [2.45, 2.75) is 6.42 Å². The Morgan fingerprint density at radius 1 is 1.33 bits per heavy atom. The molecule has 1 aromatic rings. The number of nitrogens with zero attached hydrogens (tertiary/aromatic N) is 1. The predicted molar refractivity (Wildman–Crippen MR) is 64.8 cm³/mol. The molecular weight excluding hydrogens is 259 g/mol. The first-order valence-corrected chi connectivity index (χ1v) is 7.13. The van der Waals surface area contributed by atoms with Crippen LogP contribution in [0.2, 0.25) is 0 Å². The summed E-state index contributed by atoms with van der Waals surface area (Å²) in [5, 5.41) is 4.96. The molecule has 0 radical (unpaired) electrons. The van der Waals surface area contributed by atoms with Crippen LogP contribution in [0.15, 0.2) is 24.3 Å². The lowest BCUT2D eigenvalue weighted by atomic mass is 10.1. The van der Waals surface area contributed by atoms with E-state index >= 15 is 0 Å². The number of hydrogen-bond donors (Lipinski definition) is 1. The molecule has 18 heavy (non-hydrogen) atoms. The Bertz CT molecular complexity index is 556. The van der Waals surface area contributed by atoms with E-state index in [1.807, 2.05) is 0 Å². The maximum atomic E-state index is 12.8. The number of halogens is 1. The van der Waals surface area contributed by atoms with Gasteiger partial charge in [0.1, 0.15) is 5.82 Å². The van der Waals surface area contributed by atoms with Crippen LogP contribution in [0.5, 0.6) is 0 Å². The normalized spacial score (nSPS) is 20.4. The van der Waals surface area contributed by atoms with Crippen LogP contribution < -0.4 is 10.0 Å². The number of sulfonamides is 1. The highest BCUT2D eigenvalue weighted by molar-refractivity contribution is 7.89. The monoisotopic (exact) mass is 272 g/mol. The quantitative estimate of drug-likeness (QED) is 0.868. The Hall–Kier alpha value is -1.47. The van der Waals surface area contributed by atoms with Gasteiger partial charge in [-0.15, -0.1) is 0 Å². The maximum Gasteiger partial charge on any atom is 0.227 e. The number of carbonyl (C=O) groups is 1. The molecule has 1 saturated heterocycles. The summed E-state index contributed by atoms with van der Waals surface area (Å²) in [4.78, 5) is 13.2. The van der Waals surface area contributed by atoms with Crippen molar-refractivity contribution in [3.8, 4) is 0 Å². The molecule has 0 saturated carbocycles. The smallest absolute Gasteiger partial charge is 0.227 e. The summed E-state index contributed by atoms with van der Waals surface area (Å²) in [7, 11) is -3.58. The zero-order valence-electron chi connectivity index (χ0n) is 9.54. The summed E-state index contributed by atoms with van der Waals surface area (Å²) in [6.07, 6.45) is 0.147. The van der Waals surface area contributed by atoms with E-state index in [0.717, 1.165) is 0 Å². The number of nitrogens with two attached hydrogens (primary N) is 1. The molecule has 1 heterocycles. The number of hydrogen-bond acceptors (Lipinski definition) is 3. The molecule has 7 heteroatoms. The number of rotatable bonds is 3. The van der Waals surface area contributed by atoms with Crippen LogP contribution in [0.4, 0.5) is 10.1 Å².